The van der Waals surface area contributed by atoms with Crippen LogP contribution >= 0.6 is 22.6 Å². The van der Waals surface area contributed by atoms with Crippen molar-refractivity contribution in [3.63, 3.8) is 0 Å². The van der Waals surface area contributed by atoms with Gasteiger partial charge >= 0.3 is 0 Å². The fourth-order valence-corrected chi connectivity index (χ4v) is 4.47. The summed E-state index contributed by atoms with van der Waals surface area (Å²) in [6.45, 7) is 4.91. The minimum atomic E-state index is 0.692. The van der Waals surface area contributed by atoms with Crippen LogP contribution in [0.3, 0.4) is 0 Å². The molecule has 1 heteroatoms. The predicted molar refractivity (Wildman–Crippen MR) is 57.0 cm³/mol. The molecular weight excluding hydrogens is 247 g/mol. The van der Waals surface area contributed by atoms with Gasteiger partial charge in [0.25, 0.3) is 0 Å². The Balaban J connectivity index is 2.27. The summed E-state index contributed by atoms with van der Waals surface area (Å²) < 4.78 is 0.692. The van der Waals surface area contributed by atoms with Gasteiger partial charge < -0.3 is 0 Å². The molecule has 2 saturated carbocycles. The third-order valence-corrected chi connectivity index (χ3v) is 7.04. The summed E-state index contributed by atoms with van der Waals surface area (Å²) in [4.78, 5) is 0. The third kappa shape index (κ3) is 0.991. The molecule has 0 N–H and O–H groups in total. The SMILES string of the molecule is CC1CCC2CCC(C)C12I. The number of alkyl halides is 1. The second-order valence-electron chi connectivity index (χ2n) is 4.48. The van der Waals surface area contributed by atoms with Crippen molar-refractivity contribution in [1.82, 2.24) is 0 Å². The molecule has 11 heavy (non-hydrogen) atoms. The molecule has 2 atom stereocenters. The Morgan fingerprint density at radius 2 is 1.45 bits per heavy atom. The maximum atomic E-state index is 2.77. The van der Waals surface area contributed by atoms with Gasteiger partial charge in [-0.2, -0.15) is 0 Å². The second kappa shape index (κ2) is 2.61. The van der Waals surface area contributed by atoms with Crippen molar-refractivity contribution in [2.24, 2.45) is 17.8 Å². The Kier molecular flexibility index (Phi) is 1.98. The van der Waals surface area contributed by atoms with Crippen LogP contribution in [0.5, 0.6) is 0 Å². The van der Waals surface area contributed by atoms with Crippen LogP contribution in [0, 0.1) is 17.8 Å². The zero-order valence-corrected chi connectivity index (χ0v) is 9.60. The van der Waals surface area contributed by atoms with Gasteiger partial charge in [0.1, 0.15) is 0 Å². The van der Waals surface area contributed by atoms with E-state index in [4.69, 9.17) is 0 Å². The van der Waals surface area contributed by atoms with Gasteiger partial charge in [0.05, 0.1) is 0 Å². The first-order valence-electron chi connectivity index (χ1n) is 4.84. The zero-order chi connectivity index (χ0) is 8.06. The minimum Gasteiger partial charge on any atom is -0.0780 e. The molecule has 0 aromatic carbocycles. The Hall–Kier alpha value is 0.730. The highest BCUT2D eigenvalue weighted by Gasteiger charge is 2.52. The van der Waals surface area contributed by atoms with Crippen molar-refractivity contribution < 1.29 is 0 Å². The van der Waals surface area contributed by atoms with E-state index in [0.29, 0.717) is 3.42 Å². The monoisotopic (exact) mass is 264 g/mol. The van der Waals surface area contributed by atoms with E-state index in [2.05, 4.69) is 36.4 Å². The molecule has 0 amide bonds. The van der Waals surface area contributed by atoms with Crippen LogP contribution in [-0.4, -0.2) is 3.42 Å². The lowest BCUT2D eigenvalue weighted by Gasteiger charge is -2.31. The molecule has 2 rings (SSSR count). The molecule has 0 nitrogen and oxygen atoms in total. The molecule has 0 saturated heterocycles. The Bertz CT molecular complexity index is 150. The molecule has 2 aliphatic carbocycles. The topological polar surface area (TPSA) is 0 Å². The van der Waals surface area contributed by atoms with Crippen LogP contribution in [-0.2, 0) is 0 Å². The Morgan fingerprint density at radius 3 is 1.82 bits per heavy atom. The number of halogens is 1. The molecule has 2 aliphatic rings. The fraction of sp³-hybridized carbons (Fsp3) is 1.00. The first kappa shape index (κ1) is 8.33. The molecule has 0 spiro atoms. The summed E-state index contributed by atoms with van der Waals surface area (Å²) in [6.07, 6.45) is 5.98. The van der Waals surface area contributed by atoms with E-state index < -0.39 is 0 Å². The summed E-state index contributed by atoms with van der Waals surface area (Å²) in [5, 5.41) is 0. The largest absolute Gasteiger partial charge is 0.0780 e. The van der Waals surface area contributed by atoms with Gasteiger partial charge in [-0.15, -0.1) is 0 Å². The van der Waals surface area contributed by atoms with Crippen molar-refractivity contribution in [3.8, 4) is 0 Å². The molecule has 0 heterocycles. The zero-order valence-electron chi connectivity index (χ0n) is 7.44. The summed E-state index contributed by atoms with van der Waals surface area (Å²) in [5.41, 5.74) is 0. The van der Waals surface area contributed by atoms with Gasteiger partial charge in [-0.1, -0.05) is 36.4 Å². The van der Waals surface area contributed by atoms with Crippen LogP contribution in [0.15, 0.2) is 0 Å². The third-order valence-electron chi connectivity index (χ3n) is 4.03. The Morgan fingerprint density at radius 1 is 1.00 bits per heavy atom. The number of fused-ring (bicyclic) bond motifs is 1. The fourth-order valence-electron chi connectivity index (χ4n) is 3.22. The summed E-state index contributed by atoms with van der Waals surface area (Å²) in [5.74, 6) is 3.02. The number of hydrogen-bond acceptors (Lipinski definition) is 0. The number of rotatable bonds is 0. The van der Waals surface area contributed by atoms with E-state index >= 15 is 0 Å². The summed E-state index contributed by atoms with van der Waals surface area (Å²) >= 11 is 2.77. The Labute approximate surface area is 83.3 Å². The van der Waals surface area contributed by atoms with Crippen LogP contribution in [0.25, 0.3) is 0 Å². The van der Waals surface area contributed by atoms with Crippen molar-refractivity contribution >= 4 is 22.6 Å². The highest BCUT2D eigenvalue weighted by molar-refractivity contribution is 14.1. The van der Waals surface area contributed by atoms with Crippen LogP contribution in [0.2, 0.25) is 0 Å². The first-order chi connectivity index (χ1) is 5.15. The number of hydrogen-bond donors (Lipinski definition) is 0. The van der Waals surface area contributed by atoms with Crippen LogP contribution < -0.4 is 0 Å². The van der Waals surface area contributed by atoms with Gasteiger partial charge in [-0.3, -0.25) is 0 Å². The lowest BCUT2D eigenvalue weighted by atomic mass is 9.87. The van der Waals surface area contributed by atoms with E-state index in [-0.39, 0.29) is 0 Å². The van der Waals surface area contributed by atoms with E-state index in [0.717, 1.165) is 17.8 Å². The highest BCUT2D eigenvalue weighted by atomic mass is 127. The van der Waals surface area contributed by atoms with E-state index in [9.17, 15) is 0 Å². The van der Waals surface area contributed by atoms with Crippen LogP contribution in [0.1, 0.15) is 39.5 Å². The molecule has 0 aromatic heterocycles. The molecule has 2 unspecified atom stereocenters. The predicted octanol–water partition coefficient (Wildman–Crippen LogP) is 3.64. The molecule has 0 aromatic rings. The maximum absolute atomic E-state index is 2.77. The van der Waals surface area contributed by atoms with Gasteiger partial charge in [0.2, 0.25) is 0 Å². The lowest BCUT2D eigenvalue weighted by molar-refractivity contribution is 0.373. The van der Waals surface area contributed by atoms with Gasteiger partial charge in [0, 0.05) is 3.42 Å². The van der Waals surface area contributed by atoms with E-state index in [1.807, 2.05) is 0 Å². The quantitative estimate of drug-likeness (QED) is 0.463. The van der Waals surface area contributed by atoms with Crippen LogP contribution in [0.4, 0.5) is 0 Å². The van der Waals surface area contributed by atoms with Crippen molar-refractivity contribution in [3.05, 3.63) is 0 Å². The van der Waals surface area contributed by atoms with Crippen molar-refractivity contribution in [2.45, 2.75) is 43.0 Å². The van der Waals surface area contributed by atoms with E-state index in [1.165, 1.54) is 25.7 Å². The van der Waals surface area contributed by atoms with Crippen molar-refractivity contribution in [2.75, 3.05) is 0 Å². The van der Waals surface area contributed by atoms with Crippen molar-refractivity contribution in [1.29, 1.82) is 0 Å². The molecule has 64 valence electrons. The first-order valence-corrected chi connectivity index (χ1v) is 5.92. The van der Waals surface area contributed by atoms with Gasteiger partial charge in [-0.25, -0.2) is 0 Å². The lowest BCUT2D eigenvalue weighted by Crippen LogP contribution is -2.32. The van der Waals surface area contributed by atoms with E-state index in [1.54, 1.807) is 0 Å². The average Bonchev–Trinajstić information content (AvgIpc) is 2.40. The summed E-state index contributed by atoms with van der Waals surface area (Å²) in [7, 11) is 0. The molecule has 0 radical (unpaired) electrons. The molecule has 0 aliphatic heterocycles. The minimum absolute atomic E-state index is 0.692. The average molecular weight is 264 g/mol. The second-order valence-corrected chi connectivity index (χ2v) is 6.35. The highest BCUT2D eigenvalue weighted by Crippen LogP contribution is 2.59. The smallest absolute Gasteiger partial charge is 0.0301 e. The standard InChI is InChI=1S/C10H17I/c1-7-3-5-9-6-4-8(2)10(7,9)11/h7-9H,3-6H2,1-2H3. The van der Waals surface area contributed by atoms with Gasteiger partial charge in [0.15, 0.2) is 0 Å². The molecule has 2 fully saturated rings. The molecular formula is C10H17I. The maximum Gasteiger partial charge on any atom is 0.0301 e. The van der Waals surface area contributed by atoms with Gasteiger partial charge in [-0.05, 0) is 43.4 Å². The normalized spacial score (nSPS) is 56.5. The summed E-state index contributed by atoms with van der Waals surface area (Å²) in [6, 6.07) is 0. The molecule has 0 bridgehead atoms.